The van der Waals surface area contributed by atoms with Gasteiger partial charge in [0.2, 0.25) is 0 Å². The fourth-order valence-corrected chi connectivity index (χ4v) is 5.60. The molecule has 0 saturated carbocycles. The summed E-state index contributed by atoms with van der Waals surface area (Å²) in [5.41, 5.74) is 1.98. The van der Waals surface area contributed by atoms with Crippen LogP contribution in [-0.4, -0.2) is 39.7 Å². The van der Waals surface area contributed by atoms with Crippen LogP contribution in [0.15, 0.2) is 71.5 Å². The zero-order chi connectivity index (χ0) is 25.2. The SMILES string of the molecule is O=C(O)C(CCn1nnc2ccccc2c1=O)S(=O)(=O)Cc1ccc(-c2ccc(Cl)c(Cl)c2)cc1. The standard InChI is InChI=1S/C24H19Cl2N3O5S/c25-19-10-9-17(13-20(19)26)16-7-5-15(6-8-16)14-35(33,34)22(24(31)32)11-12-29-23(30)18-3-1-2-4-21(18)27-28-29/h1-10,13,22H,11-12,14H2,(H,31,32). The van der Waals surface area contributed by atoms with Crippen molar-refractivity contribution in [2.24, 2.45) is 0 Å². The molecule has 0 amide bonds. The molecule has 0 aliphatic heterocycles. The highest BCUT2D eigenvalue weighted by molar-refractivity contribution is 7.92. The Morgan fingerprint density at radius 3 is 2.34 bits per heavy atom. The number of carboxylic acids is 1. The van der Waals surface area contributed by atoms with Crippen LogP contribution in [0.1, 0.15) is 12.0 Å². The number of aromatic nitrogens is 3. The Balaban J connectivity index is 1.50. The fourth-order valence-electron chi connectivity index (χ4n) is 3.67. The van der Waals surface area contributed by atoms with Crippen LogP contribution in [0.5, 0.6) is 0 Å². The van der Waals surface area contributed by atoms with Gasteiger partial charge in [-0.2, -0.15) is 0 Å². The molecule has 1 N–H and O–H groups in total. The largest absolute Gasteiger partial charge is 0.480 e. The van der Waals surface area contributed by atoms with E-state index >= 15 is 0 Å². The summed E-state index contributed by atoms with van der Waals surface area (Å²) in [6, 6.07) is 18.4. The molecule has 35 heavy (non-hydrogen) atoms. The molecule has 0 spiro atoms. The number of carboxylic acid groups (broad SMARTS) is 1. The van der Waals surface area contributed by atoms with Gasteiger partial charge in [-0.05, 0) is 47.4 Å². The summed E-state index contributed by atoms with van der Waals surface area (Å²) in [7, 11) is -4.09. The first kappa shape index (κ1) is 24.8. The first-order valence-corrected chi connectivity index (χ1v) is 12.9. The van der Waals surface area contributed by atoms with Gasteiger partial charge in [0.25, 0.3) is 5.56 Å². The number of fused-ring (bicyclic) bond motifs is 1. The topological polar surface area (TPSA) is 119 Å². The van der Waals surface area contributed by atoms with Crippen molar-refractivity contribution in [2.45, 2.75) is 24.0 Å². The molecule has 11 heteroatoms. The van der Waals surface area contributed by atoms with Crippen LogP contribution in [0.3, 0.4) is 0 Å². The number of hydrogen-bond acceptors (Lipinski definition) is 6. The highest BCUT2D eigenvalue weighted by Gasteiger charge is 2.32. The number of benzene rings is 3. The second kappa shape index (κ2) is 10.2. The average molecular weight is 532 g/mol. The Kier molecular flexibility index (Phi) is 7.20. The molecular weight excluding hydrogens is 513 g/mol. The van der Waals surface area contributed by atoms with E-state index in [1.165, 1.54) is 0 Å². The van der Waals surface area contributed by atoms with E-state index in [2.05, 4.69) is 10.3 Å². The highest BCUT2D eigenvalue weighted by atomic mass is 35.5. The minimum atomic E-state index is -4.09. The van der Waals surface area contributed by atoms with E-state index in [0.717, 1.165) is 15.8 Å². The molecule has 4 aromatic rings. The molecule has 1 aromatic heterocycles. The van der Waals surface area contributed by atoms with Crippen LogP contribution in [0, 0.1) is 0 Å². The molecule has 180 valence electrons. The lowest BCUT2D eigenvalue weighted by atomic mass is 10.0. The van der Waals surface area contributed by atoms with Crippen molar-refractivity contribution in [3.05, 3.63) is 92.7 Å². The number of nitrogens with zero attached hydrogens (tertiary/aromatic N) is 3. The molecule has 8 nitrogen and oxygen atoms in total. The third-order valence-corrected chi connectivity index (χ3v) is 8.30. The Morgan fingerprint density at radius 1 is 0.971 bits per heavy atom. The van der Waals surface area contributed by atoms with E-state index < -0.39 is 32.4 Å². The van der Waals surface area contributed by atoms with Crippen molar-refractivity contribution in [2.75, 3.05) is 0 Å². The second-order valence-electron chi connectivity index (χ2n) is 7.88. The zero-order valence-corrected chi connectivity index (χ0v) is 20.5. The molecule has 0 fully saturated rings. The average Bonchev–Trinajstić information content (AvgIpc) is 2.82. The van der Waals surface area contributed by atoms with Gasteiger partial charge in [0.1, 0.15) is 5.52 Å². The summed E-state index contributed by atoms with van der Waals surface area (Å²) in [6.45, 7) is -0.205. The number of rotatable bonds is 8. The van der Waals surface area contributed by atoms with Gasteiger partial charge < -0.3 is 5.11 Å². The lowest BCUT2D eigenvalue weighted by Gasteiger charge is -2.14. The predicted octanol–water partition coefficient (Wildman–Crippen LogP) is 4.22. The van der Waals surface area contributed by atoms with E-state index in [1.54, 1.807) is 66.7 Å². The van der Waals surface area contributed by atoms with Crippen LogP contribution >= 0.6 is 23.2 Å². The minimum absolute atomic E-state index is 0.205. The van der Waals surface area contributed by atoms with E-state index in [0.29, 0.717) is 26.5 Å². The van der Waals surface area contributed by atoms with Gasteiger partial charge in [0, 0.05) is 6.54 Å². The second-order valence-corrected chi connectivity index (χ2v) is 10.9. The van der Waals surface area contributed by atoms with Crippen LogP contribution in [0.25, 0.3) is 22.0 Å². The first-order valence-electron chi connectivity index (χ1n) is 10.5. The summed E-state index contributed by atoms with van der Waals surface area (Å²) in [5, 5.41) is 16.8. The predicted molar refractivity (Wildman–Crippen MR) is 134 cm³/mol. The molecule has 0 aliphatic carbocycles. The van der Waals surface area contributed by atoms with E-state index in [1.807, 2.05) is 0 Å². The third kappa shape index (κ3) is 5.53. The molecule has 0 radical (unpaired) electrons. The fraction of sp³-hybridized carbons (Fsp3) is 0.167. The molecule has 1 unspecified atom stereocenters. The number of carbonyl (C=O) groups is 1. The Hall–Kier alpha value is -3.27. The molecule has 0 bridgehead atoms. The van der Waals surface area contributed by atoms with Gasteiger partial charge >= 0.3 is 5.97 Å². The molecule has 1 atom stereocenters. The van der Waals surface area contributed by atoms with Gasteiger partial charge in [-0.25, -0.2) is 13.1 Å². The van der Waals surface area contributed by atoms with Crippen molar-refractivity contribution in [1.82, 2.24) is 15.0 Å². The first-order chi connectivity index (χ1) is 16.7. The molecule has 0 aliphatic rings. The van der Waals surface area contributed by atoms with E-state index in [-0.39, 0.29) is 13.0 Å². The molecule has 4 rings (SSSR count). The Bertz CT molecular complexity index is 1570. The summed E-state index contributed by atoms with van der Waals surface area (Å²) in [6.07, 6.45) is -0.327. The van der Waals surface area contributed by atoms with Gasteiger partial charge in [0.05, 0.1) is 21.2 Å². The number of sulfone groups is 1. The number of aryl methyl sites for hydroxylation is 1. The molecule has 3 aromatic carbocycles. The number of aliphatic carboxylic acids is 1. The summed E-state index contributed by atoms with van der Waals surface area (Å²) >= 11 is 12.0. The van der Waals surface area contributed by atoms with Crippen molar-refractivity contribution < 1.29 is 18.3 Å². The maximum atomic E-state index is 13.0. The van der Waals surface area contributed by atoms with Crippen LogP contribution in [0.2, 0.25) is 10.0 Å². The zero-order valence-electron chi connectivity index (χ0n) is 18.1. The number of halogens is 2. The minimum Gasteiger partial charge on any atom is -0.480 e. The molecule has 1 heterocycles. The summed E-state index contributed by atoms with van der Waals surface area (Å²) < 4.78 is 26.9. The summed E-state index contributed by atoms with van der Waals surface area (Å²) in [4.78, 5) is 24.4. The Morgan fingerprint density at radius 2 is 1.66 bits per heavy atom. The van der Waals surface area contributed by atoms with Gasteiger partial charge in [0.15, 0.2) is 15.1 Å². The van der Waals surface area contributed by atoms with Crippen molar-refractivity contribution in [3.8, 4) is 11.1 Å². The maximum Gasteiger partial charge on any atom is 0.321 e. The van der Waals surface area contributed by atoms with Crippen molar-refractivity contribution >= 4 is 49.9 Å². The summed E-state index contributed by atoms with van der Waals surface area (Å²) in [5.74, 6) is -1.96. The quantitative estimate of drug-likeness (QED) is 0.361. The maximum absolute atomic E-state index is 13.0. The lowest BCUT2D eigenvalue weighted by Crippen LogP contribution is -2.34. The molecular formula is C24H19Cl2N3O5S. The highest BCUT2D eigenvalue weighted by Crippen LogP contribution is 2.29. The van der Waals surface area contributed by atoms with Crippen LogP contribution < -0.4 is 5.56 Å². The van der Waals surface area contributed by atoms with Crippen LogP contribution in [-0.2, 0) is 26.9 Å². The monoisotopic (exact) mass is 531 g/mol. The van der Waals surface area contributed by atoms with Crippen molar-refractivity contribution in [1.29, 1.82) is 0 Å². The van der Waals surface area contributed by atoms with Gasteiger partial charge in [-0.15, -0.1) is 5.10 Å². The van der Waals surface area contributed by atoms with E-state index in [4.69, 9.17) is 23.2 Å². The smallest absolute Gasteiger partial charge is 0.321 e. The third-order valence-electron chi connectivity index (χ3n) is 5.52. The lowest BCUT2D eigenvalue weighted by molar-refractivity contribution is -0.136. The Labute approximate surface area is 210 Å². The normalized spacial score (nSPS) is 12.5. The molecule has 0 saturated heterocycles. The van der Waals surface area contributed by atoms with Crippen molar-refractivity contribution in [3.63, 3.8) is 0 Å². The number of hydrogen-bond donors (Lipinski definition) is 1. The van der Waals surface area contributed by atoms with Crippen LogP contribution in [0.4, 0.5) is 0 Å². The van der Waals surface area contributed by atoms with Gasteiger partial charge in [-0.3, -0.25) is 9.59 Å². The van der Waals surface area contributed by atoms with E-state index in [9.17, 15) is 23.1 Å². The van der Waals surface area contributed by atoms with Gasteiger partial charge in [-0.1, -0.05) is 70.9 Å².